The smallest absolute Gasteiger partial charge is 0.404 e. The van der Waals surface area contributed by atoms with Gasteiger partial charge in [-0.15, -0.1) is 0 Å². The number of rotatable bonds is 8. The van der Waals surface area contributed by atoms with Crippen molar-refractivity contribution in [3.63, 3.8) is 0 Å². The van der Waals surface area contributed by atoms with Crippen molar-refractivity contribution >= 4 is 6.09 Å². The summed E-state index contributed by atoms with van der Waals surface area (Å²) in [6, 6.07) is 12.7. The van der Waals surface area contributed by atoms with Crippen molar-refractivity contribution in [3.05, 3.63) is 59.4 Å². The van der Waals surface area contributed by atoms with Gasteiger partial charge < -0.3 is 20.8 Å². The number of hydrogen-bond donors (Lipinski definition) is 4. The van der Waals surface area contributed by atoms with E-state index >= 15 is 4.39 Å². The zero-order chi connectivity index (χ0) is 21.6. The topological polar surface area (TPSA) is 81.6 Å². The van der Waals surface area contributed by atoms with Crippen molar-refractivity contribution in [1.29, 1.82) is 0 Å². The molecule has 1 amide bonds. The lowest BCUT2D eigenvalue weighted by molar-refractivity contribution is -0.0417. The van der Waals surface area contributed by atoms with E-state index in [-0.39, 0.29) is 18.3 Å². The van der Waals surface area contributed by atoms with Crippen LogP contribution in [0.15, 0.2) is 42.5 Å². The number of nitrogens with one attached hydrogen (secondary N) is 2. The monoisotopic (exact) mass is 414 g/mol. The van der Waals surface area contributed by atoms with Gasteiger partial charge in [-0.25, -0.2) is 9.18 Å². The van der Waals surface area contributed by atoms with E-state index in [2.05, 4.69) is 17.6 Å². The van der Waals surface area contributed by atoms with Crippen LogP contribution in [0.25, 0.3) is 11.1 Å². The highest BCUT2D eigenvalue weighted by Gasteiger charge is 2.40. The van der Waals surface area contributed by atoms with Gasteiger partial charge in [0.2, 0.25) is 0 Å². The Morgan fingerprint density at radius 1 is 1.30 bits per heavy atom. The average Bonchev–Trinajstić information content (AvgIpc) is 2.77. The van der Waals surface area contributed by atoms with Gasteiger partial charge in [-0.1, -0.05) is 43.3 Å². The Bertz CT molecular complexity index is 867. The summed E-state index contributed by atoms with van der Waals surface area (Å²) in [5, 5.41) is 26.5. The van der Waals surface area contributed by atoms with Crippen LogP contribution >= 0.6 is 0 Å². The van der Waals surface area contributed by atoms with Crippen molar-refractivity contribution < 1.29 is 19.4 Å². The lowest BCUT2D eigenvalue weighted by Gasteiger charge is -2.40. The first-order chi connectivity index (χ1) is 14.5. The third kappa shape index (κ3) is 4.99. The van der Waals surface area contributed by atoms with Crippen LogP contribution in [-0.2, 0) is 12.0 Å². The standard InChI is InChI=1S/C24H31FN2O3/c1-2-17-7-3-8-18(15-17)22-20(10-4-11-21(22)25)24(30,12-6-14-27-23(28)29)19-9-5-13-26-16-19/h3-4,7-8,10-11,15,19,26-27,30H,2,5-6,9,12-14,16H2,1H3,(H,28,29). The summed E-state index contributed by atoms with van der Waals surface area (Å²) in [4.78, 5) is 10.8. The lowest BCUT2D eigenvalue weighted by Crippen LogP contribution is -2.45. The molecule has 1 aliphatic heterocycles. The van der Waals surface area contributed by atoms with E-state index in [0.717, 1.165) is 36.9 Å². The predicted molar refractivity (Wildman–Crippen MR) is 116 cm³/mol. The molecule has 0 aliphatic carbocycles. The largest absolute Gasteiger partial charge is 0.465 e. The molecular formula is C24H31FN2O3. The van der Waals surface area contributed by atoms with Crippen molar-refractivity contribution in [3.8, 4) is 11.1 Å². The van der Waals surface area contributed by atoms with E-state index in [4.69, 9.17) is 5.11 Å². The quantitative estimate of drug-likeness (QED) is 0.486. The minimum absolute atomic E-state index is 0.0778. The van der Waals surface area contributed by atoms with E-state index < -0.39 is 11.7 Å². The third-order valence-corrected chi connectivity index (χ3v) is 6.09. The summed E-state index contributed by atoms with van der Waals surface area (Å²) in [6.45, 7) is 3.85. The molecule has 1 fully saturated rings. The van der Waals surface area contributed by atoms with Crippen molar-refractivity contribution in [2.24, 2.45) is 5.92 Å². The van der Waals surface area contributed by atoms with Crippen LogP contribution in [0, 0.1) is 11.7 Å². The van der Waals surface area contributed by atoms with Gasteiger partial charge in [0, 0.05) is 24.6 Å². The molecule has 0 aromatic heterocycles. The minimum Gasteiger partial charge on any atom is -0.465 e. The number of hydrogen-bond acceptors (Lipinski definition) is 3. The van der Waals surface area contributed by atoms with Crippen LogP contribution in [0.4, 0.5) is 9.18 Å². The van der Waals surface area contributed by atoms with E-state index in [0.29, 0.717) is 30.5 Å². The summed E-state index contributed by atoms with van der Waals surface area (Å²) in [6.07, 6.45) is 2.35. The molecule has 0 spiro atoms. The molecule has 3 rings (SSSR count). The normalized spacial score (nSPS) is 18.6. The number of benzene rings is 2. The van der Waals surface area contributed by atoms with Gasteiger partial charge in [0.1, 0.15) is 5.82 Å². The van der Waals surface area contributed by atoms with E-state index in [9.17, 15) is 9.90 Å². The number of aliphatic hydroxyl groups is 1. The third-order valence-electron chi connectivity index (χ3n) is 6.09. The highest BCUT2D eigenvalue weighted by Crippen LogP contribution is 2.43. The average molecular weight is 415 g/mol. The molecule has 0 saturated carbocycles. The minimum atomic E-state index is -1.26. The summed E-state index contributed by atoms with van der Waals surface area (Å²) in [7, 11) is 0. The first-order valence-electron chi connectivity index (χ1n) is 10.7. The number of piperidine rings is 1. The first-order valence-corrected chi connectivity index (χ1v) is 10.7. The van der Waals surface area contributed by atoms with Gasteiger partial charge in [-0.05, 0) is 61.4 Å². The molecule has 6 heteroatoms. The van der Waals surface area contributed by atoms with Crippen LogP contribution in [0.3, 0.4) is 0 Å². The fraction of sp³-hybridized carbons (Fsp3) is 0.458. The molecule has 162 valence electrons. The van der Waals surface area contributed by atoms with Gasteiger partial charge in [0.15, 0.2) is 0 Å². The molecular weight excluding hydrogens is 383 g/mol. The molecule has 2 unspecified atom stereocenters. The summed E-state index contributed by atoms with van der Waals surface area (Å²) < 4.78 is 15.1. The molecule has 2 atom stereocenters. The predicted octanol–water partition coefficient (Wildman–Crippen LogP) is 4.29. The van der Waals surface area contributed by atoms with Crippen LogP contribution in [-0.4, -0.2) is 35.9 Å². The Hall–Kier alpha value is -2.44. The van der Waals surface area contributed by atoms with Gasteiger partial charge in [0.05, 0.1) is 5.60 Å². The summed E-state index contributed by atoms with van der Waals surface area (Å²) in [5.41, 5.74) is 1.63. The first kappa shape index (κ1) is 22.2. The Morgan fingerprint density at radius 2 is 2.10 bits per heavy atom. The van der Waals surface area contributed by atoms with Gasteiger partial charge in [-0.2, -0.15) is 0 Å². The fourth-order valence-electron chi connectivity index (χ4n) is 4.50. The van der Waals surface area contributed by atoms with Crippen molar-refractivity contribution in [1.82, 2.24) is 10.6 Å². The molecule has 0 bridgehead atoms. The molecule has 1 aliphatic rings. The van der Waals surface area contributed by atoms with Crippen LogP contribution in [0.5, 0.6) is 0 Å². The maximum atomic E-state index is 15.1. The molecule has 5 nitrogen and oxygen atoms in total. The maximum absolute atomic E-state index is 15.1. The summed E-state index contributed by atoms with van der Waals surface area (Å²) >= 11 is 0. The number of carboxylic acid groups (broad SMARTS) is 1. The number of carbonyl (C=O) groups is 1. The molecule has 1 saturated heterocycles. The van der Waals surface area contributed by atoms with Crippen LogP contribution in [0.1, 0.15) is 43.7 Å². The second-order valence-corrected chi connectivity index (χ2v) is 8.02. The van der Waals surface area contributed by atoms with Gasteiger partial charge in [0.25, 0.3) is 0 Å². The Labute approximate surface area is 177 Å². The van der Waals surface area contributed by atoms with Gasteiger partial charge in [-0.3, -0.25) is 0 Å². The van der Waals surface area contributed by atoms with Crippen molar-refractivity contribution in [2.45, 2.75) is 44.6 Å². The van der Waals surface area contributed by atoms with Crippen LogP contribution in [0.2, 0.25) is 0 Å². The number of amides is 1. The fourth-order valence-corrected chi connectivity index (χ4v) is 4.50. The Balaban J connectivity index is 2.04. The summed E-state index contributed by atoms with van der Waals surface area (Å²) in [5.74, 6) is -0.433. The lowest BCUT2D eigenvalue weighted by atomic mass is 9.72. The molecule has 1 heterocycles. The Morgan fingerprint density at radius 3 is 2.80 bits per heavy atom. The van der Waals surface area contributed by atoms with Crippen molar-refractivity contribution in [2.75, 3.05) is 19.6 Å². The highest BCUT2D eigenvalue weighted by atomic mass is 19.1. The van der Waals surface area contributed by atoms with Crippen LogP contribution < -0.4 is 10.6 Å². The highest BCUT2D eigenvalue weighted by molar-refractivity contribution is 5.70. The van der Waals surface area contributed by atoms with E-state index in [1.165, 1.54) is 6.07 Å². The zero-order valence-electron chi connectivity index (χ0n) is 17.5. The second-order valence-electron chi connectivity index (χ2n) is 8.02. The van der Waals surface area contributed by atoms with E-state index in [1.807, 2.05) is 30.3 Å². The maximum Gasteiger partial charge on any atom is 0.404 e. The molecule has 4 N–H and O–H groups in total. The van der Waals surface area contributed by atoms with E-state index in [1.54, 1.807) is 6.07 Å². The molecule has 30 heavy (non-hydrogen) atoms. The zero-order valence-corrected chi connectivity index (χ0v) is 17.5. The molecule has 2 aromatic carbocycles. The second kappa shape index (κ2) is 10.0. The van der Waals surface area contributed by atoms with Gasteiger partial charge >= 0.3 is 6.09 Å². The molecule has 2 aromatic rings. The number of halogens is 1. The Kier molecular flexibility index (Phi) is 7.45. The number of aryl methyl sites for hydroxylation is 1. The molecule has 0 radical (unpaired) electrons. The SMILES string of the molecule is CCc1cccc(-c2c(F)cccc2C(O)(CCCNC(=O)O)C2CCCNC2)c1.